The van der Waals surface area contributed by atoms with Gasteiger partial charge in [-0.1, -0.05) is 24.3 Å². The van der Waals surface area contributed by atoms with Crippen LogP contribution in [-0.4, -0.2) is 35.6 Å². The maximum absolute atomic E-state index is 14.4. The minimum atomic E-state index is -1.09. The number of hydrogen-bond acceptors (Lipinski definition) is 3. The Morgan fingerprint density at radius 1 is 1.27 bits per heavy atom. The summed E-state index contributed by atoms with van der Waals surface area (Å²) >= 11 is 0. The van der Waals surface area contributed by atoms with Gasteiger partial charge >= 0.3 is 0 Å². The first kappa shape index (κ1) is 22.3. The summed E-state index contributed by atoms with van der Waals surface area (Å²) in [5, 5.41) is 6.47. The summed E-state index contributed by atoms with van der Waals surface area (Å²) in [6.45, 7) is 5.64. The standard InChI is InChI=1S/C23H30FN3O2S/c1-3-25-23(26-13-14-30(28)20-7-5-4-6-8-20)27-17(2)19-11-12-22(21(24)15-19)29-16-18-9-10-18/h4-8,11-12,15,17-18H,3,9-10,13-14,16H2,1-2H3,(H2,25,26,27). The van der Waals surface area contributed by atoms with E-state index in [9.17, 15) is 8.60 Å². The van der Waals surface area contributed by atoms with Crippen LogP contribution in [0.4, 0.5) is 4.39 Å². The molecular formula is C23H30FN3O2S. The second kappa shape index (κ2) is 11.1. The van der Waals surface area contributed by atoms with Crippen molar-refractivity contribution in [2.75, 3.05) is 25.4 Å². The number of nitrogens with one attached hydrogen (secondary N) is 2. The van der Waals surface area contributed by atoms with Crippen molar-refractivity contribution in [3.8, 4) is 5.75 Å². The summed E-state index contributed by atoms with van der Waals surface area (Å²) in [6.07, 6.45) is 2.35. The Bertz CT molecular complexity index is 872. The van der Waals surface area contributed by atoms with E-state index in [0.29, 0.717) is 43.1 Å². The molecule has 162 valence electrons. The van der Waals surface area contributed by atoms with Gasteiger partial charge in [0.2, 0.25) is 0 Å². The minimum Gasteiger partial charge on any atom is -0.490 e. The molecule has 0 bridgehead atoms. The molecular weight excluding hydrogens is 401 g/mol. The highest BCUT2D eigenvalue weighted by Crippen LogP contribution is 2.30. The quantitative estimate of drug-likeness (QED) is 0.440. The zero-order chi connectivity index (χ0) is 21.3. The predicted octanol–water partition coefficient (Wildman–Crippen LogP) is 4.04. The summed E-state index contributed by atoms with van der Waals surface area (Å²) in [7, 11) is -1.09. The average Bonchev–Trinajstić information content (AvgIpc) is 3.58. The van der Waals surface area contributed by atoms with E-state index in [1.165, 1.54) is 18.9 Å². The summed E-state index contributed by atoms with van der Waals surface area (Å²) in [5.41, 5.74) is 0.810. The third-order valence-corrected chi connectivity index (χ3v) is 6.23. The van der Waals surface area contributed by atoms with Gasteiger partial charge in [-0.15, -0.1) is 0 Å². The molecule has 3 rings (SSSR count). The highest BCUT2D eigenvalue weighted by atomic mass is 32.2. The lowest BCUT2D eigenvalue weighted by atomic mass is 10.1. The Labute approximate surface area is 180 Å². The van der Waals surface area contributed by atoms with E-state index in [1.807, 2.05) is 50.2 Å². The average molecular weight is 432 g/mol. The van der Waals surface area contributed by atoms with Gasteiger partial charge in [0.1, 0.15) is 0 Å². The molecule has 0 radical (unpaired) electrons. The van der Waals surface area contributed by atoms with Crippen molar-refractivity contribution in [2.45, 2.75) is 37.6 Å². The topological polar surface area (TPSA) is 62.7 Å². The van der Waals surface area contributed by atoms with Gasteiger partial charge in [0.25, 0.3) is 0 Å². The fraction of sp³-hybridized carbons (Fsp3) is 0.435. The van der Waals surface area contributed by atoms with Crippen LogP contribution in [0.5, 0.6) is 5.75 Å². The Balaban J connectivity index is 1.55. The van der Waals surface area contributed by atoms with E-state index >= 15 is 0 Å². The zero-order valence-electron chi connectivity index (χ0n) is 17.6. The van der Waals surface area contributed by atoms with Gasteiger partial charge in [0.15, 0.2) is 17.5 Å². The number of nitrogens with zero attached hydrogens (tertiary/aromatic N) is 1. The van der Waals surface area contributed by atoms with E-state index in [-0.39, 0.29) is 11.9 Å². The fourth-order valence-corrected chi connectivity index (χ4v) is 3.89. The molecule has 2 unspecified atom stereocenters. The van der Waals surface area contributed by atoms with Gasteiger partial charge in [0.05, 0.1) is 30.0 Å². The van der Waals surface area contributed by atoms with Crippen molar-refractivity contribution in [1.29, 1.82) is 0 Å². The van der Waals surface area contributed by atoms with Crippen molar-refractivity contribution in [1.82, 2.24) is 10.6 Å². The highest BCUT2D eigenvalue weighted by Gasteiger charge is 2.22. The third kappa shape index (κ3) is 6.83. The monoisotopic (exact) mass is 431 g/mol. The van der Waals surface area contributed by atoms with Crippen molar-refractivity contribution in [3.05, 3.63) is 59.9 Å². The molecule has 0 aromatic heterocycles. The van der Waals surface area contributed by atoms with Crippen LogP contribution in [0.25, 0.3) is 0 Å². The van der Waals surface area contributed by atoms with Crippen molar-refractivity contribution in [3.63, 3.8) is 0 Å². The summed E-state index contributed by atoms with van der Waals surface area (Å²) in [6, 6.07) is 14.3. The molecule has 1 saturated carbocycles. The second-order valence-corrected chi connectivity index (χ2v) is 9.00. The van der Waals surface area contributed by atoms with Crippen LogP contribution in [0.1, 0.15) is 38.3 Å². The molecule has 0 saturated heterocycles. The van der Waals surface area contributed by atoms with Crippen molar-refractivity contribution < 1.29 is 13.3 Å². The number of hydrogen-bond donors (Lipinski definition) is 2. The number of guanidine groups is 1. The Morgan fingerprint density at radius 2 is 2.03 bits per heavy atom. The van der Waals surface area contributed by atoms with E-state index < -0.39 is 10.8 Å². The molecule has 1 aliphatic rings. The molecule has 2 aromatic rings. The lowest BCUT2D eigenvalue weighted by molar-refractivity contribution is 0.285. The van der Waals surface area contributed by atoms with Crippen LogP contribution in [0.3, 0.4) is 0 Å². The van der Waals surface area contributed by atoms with Gasteiger partial charge < -0.3 is 15.4 Å². The van der Waals surface area contributed by atoms with E-state index in [4.69, 9.17) is 4.74 Å². The first-order chi connectivity index (χ1) is 14.6. The maximum atomic E-state index is 14.4. The number of ether oxygens (including phenoxy) is 1. The molecule has 0 spiro atoms. The smallest absolute Gasteiger partial charge is 0.191 e. The number of halogens is 1. The lowest BCUT2D eigenvalue weighted by Gasteiger charge is -2.19. The first-order valence-electron chi connectivity index (χ1n) is 10.5. The maximum Gasteiger partial charge on any atom is 0.191 e. The van der Waals surface area contributed by atoms with Gasteiger partial charge in [-0.25, -0.2) is 4.39 Å². The SMILES string of the molecule is CCNC(=NCCS(=O)c1ccccc1)NC(C)c1ccc(OCC2CC2)c(F)c1. The number of benzene rings is 2. The molecule has 2 N–H and O–H groups in total. The van der Waals surface area contributed by atoms with Crippen LogP contribution in [0.15, 0.2) is 58.4 Å². The number of aliphatic imine (C=N–C) groups is 1. The highest BCUT2D eigenvalue weighted by molar-refractivity contribution is 7.85. The van der Waals surface area contributed by atoms with Gasteiger partial charge in [-0.3, -0.25) is 9.20 Å². The van der Waals surface area contributed by atoms with Gasteiger partial charge in [-0.2, -0.15) is 0 Å². The molecule has 1 aliphatic carbocycles. The molecule has 0 amide bonds. The predicted molar refractivity (Wildman–Crippen MR) is 120 cm³/mol. The first-order valence-corrected chi connectivity index (χ1v) is 11.8. The van der Waals surface area contributed by atoms with Gasteiger partial charge in [0, 0.05) is 17.2 Å². The molecule has 1 fully saturated rings. The molecule has 30 heavy (non-hydrogen) atoms. The van der Waals surface area contributed by atoms with Crippen LogP contribution < -0.4 is 15.4 Å². The molecule has 2 atom stereocenters. The van der Waals surface area contributed by atoms with E-state index in [1.54, 1.807) is 6.07 Å². The van der Waals surface area contributed by atoms with Crippen LogP contribution in [-0.2, 0) is 10.8 Å². The largest absolute Gasteiger partial charge is 0.490 e. The molecule has 2 aromatic carbocycles. The molecule has 5 nitrogen and oxygen atoms in total. The third-order valence-electron chi connectivity index (χ3n) is 4.88. The Kier molecular flexibility index (Phi) is 8.25. The minimum absolute atomic E-state index is 0.144. The van der Waals surface area contributed by atoms with Crippen LogP contribution in [0, 0.1) is 11.7 Å². The second-order valence-electron chi connectivity index (χ2n) is 7.43. The lowest BCUT2D eigenvalue weighted by Crippen LogP contribution is -2.39. The summed E-state index contributed by atoms with van der Waals surface area (Å²) in [4.78, 5) is 5.33. The normalized spacial score (nSPS) is 16.0. The number of rotatable bonds is 10. The van der Waals surface area contributed by atoms with Gasteiger partial charge in [-0.05, 0) is 62.4 Å². The molecule has 0 heterocycles. The van der Waals surface area contributed by atoms with Crippen LogP contribution in [0.2, 0.25) is 0 Å². The Hall–Kier alpha value is -2.41. The molecule has 0 aliphatic heterocycles. The fourth-order valence-electron chi connectivity index (χ4n) is 2.93. The van der Waals surface area contributed by atoms with Crippen molar-refractivity contribution >= 4 is 16.8 Å². The summed E-state index contributed by atoms with van der Waals surface area (Å²) < 4.78 is 32.3. The van der Waals surface area contributed by atoms with E-state index in [0.717, 1.165) is 10.5 Å². The Morgan fingerprint density at radius 3 is 2.70 bits per heavy atom. The zero-order valence-corrected chi connectivity index (χ0v) is 18.4. The molecule has 7 heteroatoms. The van der Waals surface area contributed by atoms with Crippen molar-refractivity contribution in [2.24, 2.45) is 10.9 Å². The van der Waals surface area contributed by atoms with E-state index in [2.05, 4.69) is 15.6 Å². The summed E-state index contributed by atoms with van der Waals surface area (Å²) in [5.74, 6) is 1.60. The van der Waals surface area contributed by atoms with Crippen LogP contribution >= 0.6 is 0 Å².